The third-order valence-corrected chi connectivity index (χ3v) is 5.42. The molecule has 0 aromatic heterocycles. The number of halogens is 1. The minimum Gasteiger partial charge on any atom is -0.456 e. The van der Waals surface area contributed by atoms with Crippen LogP contribution in [-0.4, -0.2) is 39.7 Å². The first kappa shape index (κ1) is 18.6. The van der Waals surface area contributed by atoms with E-state index in [4.69, 9.17) is 26.3 Å². The van der Waals surface area contributed by atoms with Crippen LogP contribution in [-0.2, 0) is 14.8 Å². The summed E-state index contributed by atoms with van der Waals surface area (Å²) in [5.74, 6) is 0.705. The maximum Gasteiger partial charge on any atom is 0.253 e. The van der Waals surface area contributed by atoms with Crippen molar-refractivity contribution >= 4 is 21.6 Å². The lowest BCUT2D eigenvalue weighted by Crippen LogP contribution is -2.48. The average molecular weight is 394 g/mol. The van der Waals surface area contributed by atoms with E-state index < -0.39 is 10.0 Å². The third kappa shape index (κ3) is 4.33. The van der Waals surface area contributed by atoms with E-state index in [1.54, 1.807) is 23.2 Å². The van der Waals surface area contributed by atoms with Crippen LogP contribution in [0.15, 0.2) is 47.4 Å². The fraction of sp³-hybridized carbons (Fsp3) is 0.235. The summed E-state index contributed by atoms with van der Waals surface area (Å²) in [6.45, 7) is 1.95. The number of nitrogens with one attached hydrogen (secondary N) is 1. The highest BCUT2D eigenvalue weighted by atomic mass is 35.5. The van der Waals surface area contributed by atoms with Crippen molar-refractivity contribution < 1.29 is 17.9 Å². The van der Waals surface area contributed by atoms with Crippen LogP contribution in [0, 0.1) is 11.3 Å². The van der Waals surface area contributed by atoms with Gasteiger partial charge in [-0.1, -0.05) is 17.7 Å². The molecule has 0 unspecified atom stereocenters. The van der Waals surface area contributed by atoms with Gasteiger partial charge in [0.1, 0.15) is 23.1 Å². The average Bonchev–Trinajstić information content (AvgIpc) is 2.63. The summed E-state index contributed by atoms with van der Waals surface area (Å²) in [4.78, 5) is 2.64. The van der Waals surface area contributed by atoms with Gasteiger partial charge in [-0.2, -0.15) is 5.26 Å². The maximum atomic E-state index is 12.4. The molecule has 0 bridgehead atoms. The molecule has 0 spiro atoms. The number of rotatable bonds is 5. The Bertz CT molecular complexity index is 920. The standard InChI is InChI=1S/C17H16ClN3O4S/c18-16-2-1-3-17(15(16)12-19)25-13-4-6-14(7-5-13)26(22,23)20-21-8-10-24-11-9-21/h1-7,20H,8-11H2. The highest BCUT2D eigenvalue weighted by molar-refractivity contribution is 7.89. The number of nitriles is 1. The minimum atomic E-state index is -3.68. The molecule has 1 saturated heterocycles. The molecule has 0 radical (unpaired) electrons. The van der Waals surface area contributed by atoms with Crippen LogP contribution >= 0.6 is 11.6 Å². The molecule has 2 aromatic rings. The van der Waals surface area contributed by atoms with Crippen molar-refractivity contribution in [2.75, 3.05) is 26.3 Å². The minimum absolute atomic E-state index is 0.114. The summed E-state index contributed by atoms with van der Waals surface area (Å²) in [6, 6.07) is 12.8. The van der Waals surface area contributed by atoms with E-state index in [2.05, 4.69) is 4.83 Å². The Morgan fingerprint density at radius 1 is 1.15 bits per heavy atom. The van der Waals surface area contributed by atoms with Crippen LogP contribution in [0.3, 0.4) is 0 Å². The second-order valence-electron chi connectivity index (χ2n) is 5.49. The van der Waals surface area contributed by atoms with E-state index in [-0.39, 0.29) is 10.5 Å². The molecule has 1 aliphatic rings. The van der Waals surface area contributed by atoms with Gasteiger partial charge in [-0.25, -0.2) is 13.4 Å². The molecule has 0 atom stereocenters. The molecule has 3 rings (SSSR count). The highest BCUT2D eigenvalue weighted by Crippen LogP contribution is 2.30. The van der Waals surface area contributed by atoms with Crippen molar-refractivity contribution in [3.63, 3.8) is 0 Å². The monoisotopic (exact) mass is 393 g/mol. The van der Waals surface area contributed by atoms with Gasteiger partial charge >= 0.3 is 0 Å². The number of nitrogens with zero attached hydrogens (tertiary/aromatic N) is 2. The molecule has 1 heterocycles. The Morgan fingerprint density at radius 2 is 1.85 bits per heavy atom. The quantitative estimate of drug-likeness (QED) is 0.839. The zero-order valence-corrected chi connectivity index (χ0v) is 15.3. The molecular formula is C17H16ClN3O4S. The molecule has 2 aromatic carbocycles. The van der Waals surface area contributed by atoms with Gasteiger partial charge in [0.2, 0.25) is 0 Å². The van der Waals surface area contributed by atoms with Crippen LogP contribution in [0.2, 0.25) is 5.02 Å². The van der Waals surface area contributed by atoms with Gasteiger partial charge in [0.25, 0.3) is 10.0 Å². The van der Waals surface area contributed by atoms with Crippen molar-refractivity contribution in [1.82, 2.24) is 9.84 Å². The second kappa shape index (κ2) is 8.03. The van der Waals surface area contributed by atoms with E-state index in [9.17, 15) is 8.42 Å². The molecular weight excluding hydrogens is 378 g/mol. The molecule has 1 aliphatic heterocycles. The van der Waals surface area contributed by atoms with Crippen LogP contribution in [0.4, 0.5) is 0 Å². The first-order valence-corrected chi connectivity index (χ1v) is 9.67. The van der Waals surface area contributed by atoms with Gasteiger partial charge in [-0.05, 0) is 36.4 Å². The van der Waals surface area contributed by atoms with Crippen molar-refractivity contribution in [2.45, 2.75) is 4.90 Å². The van der Waals surface area contributed by atoms with Crippen LogP contribution in [0.5, 0.6) is 11.5 Å². The fourth-order valence-corrected chi connectivity index (χ4v) is 3.72. The molecule has 1 N–H and O–H groups in total. The van der Waals surface area contributed by atoms with Gasteiger partial charge in [-0.3, -0.25) is 0 Å². The van der Waals surface area contributed by atoms with Gasteiger partial charge in [-0.15, -0.1) is 4.83 Å². The predicted molar refractivity (Wildman–Crippen MR) is 95.4 cm³/mol. The Kier molecular flexibility index (Phi) is 5.76. The number of hydrogen-bond acceptors (Lipinski definition) is 6. The van der Waals surface area contributed by atoms with Gasteiger partial charge in [0.05, 0.1) is 23.1 Å². The molecule has 0 amide bonds. The summed E-state index contributed by atoms with van der Waals surface area (Å²) in [5.41, 5.74) is 0.222. The first-order valence-electron chi connectivity index (χ1n) is 7.81. The van der Waals surface area contributed by atoms with Crippen molar-refractivity contribution in [3.8, 4) is 17.6 Å². The predicted octanol–water partition coefficient (Wildman–Crippen LogP) is 2.53. The molecule has 1 fully saturated rings. The van der Waals surface area contributed by atoms with Crippen LogP contribution in [0.25, 0.3) is 0 Å². The Balaban J connectivity index is 1.74. The van der Waals surface area contributed by atoms with Crippen molar-refractivity contribution in [3.05, 3.63) is 53.1 Å². The molecule has 7 nitrogen and oxygen atoms in total. The van der Waals surface area contributed by atoms with Gasteiger partial charge < -0.3 is 9.47 Å². The Labute approximate surface area is 156 Å². The Morgan fingerprint density at radius 3 is 2.50 bits per heavy atom. The van der Waals surface area contributed by atoms with Crippen LogP contribution < -0.4 is 9.57 Å². The summed E-state index contributed by atoms with van der Waals surface area (Å²) >= 11 is 5.97. The van der Waals surface area contributed by atoms with Gasteiger partial charge in [0, 0.05) is 13.1 Å². The van der Waals surface area contributed by atoms with Gasteiger partial charge in [0.15, 0.2) is 0 Å². The van der Waals surface area contributed by atoms with E-state index in [0.717, 1.165) is 0 Å². The normalized spacial score (nSPS) is 15.4. The van der Waals surface area contributed by atoms with E-state index in [1.165, 1.54) is 24.3 Å². The summed E-state index contributed by atoms with van der Waals surface area (Å²) in [7, 11) is -3.68. The second-order valence-corrected chi connectivity index (χ2v) is 7.56. The van der Waals surface area contributed by atoms with Crippen molar-refractivity contribution in [2.24, 2.45) is 0 Å². The number of ether oxygens (including phenoxy) is 2. The number of morpholine rings is 1. The molecule has 136 valence electrons. The smallest absolute Gasteiger partial charge is 0.253 e. The summed E-state index contributed by atoms with van der Waals surface area (Å²) < 4.78 is 35.7. The molecule has 9 heteroatoms. The SMILES string of the molecule is N#Cc1c(Cl)cccc1Oc1ccc(S(=O)(=O)NN2CCOCC2)cc1. The number of hydrogen-bond donors (Lipinski definition) is 1. The lowest BCUT2D eigenvalue weighted by molar-refractivity contribution is 0.0272. The Hall–Kier alpha value is -2.15. The molecule has 26 heavy (non-hydrogen) atoms. The lowest BCUT2D eigenvalue weighted by Gasteiger charge is -2.26. The maximum absolute atomic E-state index is 12.4. The first-order chi connectivity index (χ1) is 12.5. The van der Waals surface area contributed by atoms with Crippen LogP contribution in [0.1, 0.15) is 5.56 Å². The topological polar surface area (TPSA) is 91.7 Å². The van der Waals surface area contributed by atoms with Crippen molar-refractivity contribution in [1.29, 1.82) is 5.26 Å². The molecule has 0 aliphatic carbocycles. The van der Waals surface area contributed by atoms with E-state index >= 15 is 0 Å². The lowest BCUT2D eigenvalue weighted by atomic mass is 10.2. The zero-order chi connectivity index (χ0) is 18.6. The number of sulfonamides is 1. The van der Waals surface area contributed by atoms with E-state index in [0.29, 0.717) is 42.8 Å². The highest BCUT2D eigenvalue weighted by Gasteiger charge is 2.20. The summed E-state index contributed by atoms with van der Waals surface area (Å²) in [6.07, 6.45) is 0. The third-order valence-electron chi connectivity index (χ3n) is 3.71. The largest absolute Gasteiger partial charge is 0.456 e. The number of benzene rings is 2. The molecule has 0 saturated carbocycles. The zero-order valence-electron chi connectivity index (χ0n) is 13.7. The van der Waals surface area contributed by atoms with E-state index in [1.807, 2.05) is 6.07 Å². The fourth-order valence-electron chi connectivity index (χ4n) is 2.39. The number of hydrazine groups is 1. The summed E-state index contributed by atoms with van der Waals surface area (Å²) in [5, 5.41) is 11.1.